The molecule has 0 atom stereocenters. The Morgan fingerprint density at radius 3 is 2.00 bits per heavy atom. The third-order valence-electron chi connectivity index (χ3n) is 2.86. The lowest BCUT2D eigenvalue weighted by atomic mass is 10.2. The van der Waals surface area contributed by atoms with Gasteiger partial charge in [0.15, 0.2) is 0 Å². The number of carbonyl (C=O) groups is 2. The van der Waals surface area contributed by atoms with Crippen molar-refractivity contribution in [3.63, 3.8) is 0 Å². The number of aliphatic hydroxyl groups is 2. The Balaban J connectivity index is 2.93. The highest BCUT2D eigenvalue weighted by Gasteiger charge is 2.22. The van der Waals surface area contributed by atoms with E-state index in [9.17, 15) is 9.59 Å². The highest BCUT2D eigenvalue weighted by molar-refractivity contribution is 5.92. The molecule has 1 aromatic carbocycles. The molecule has 0 saturated carbocycles. The van der Waals surface area contributed by atoms with E-state index >= 15 is 0 Å². The van der Waals surface area contributed by atoms with Crippen molar-refractivity contribution in [1.82, 2.24) is 4.90 Å². The summed E-state index contributed by atoms with van der Waals surface area (Å²) in [5.41, 5.74) is 0.574. The van der Waals surface area contributed by atoms with E-state index in [1.807, 2.05) is 0 Å². The lowest BCUT2D eigenvalue weighted by Gasteiger charge is -2.29. The molecule has 0 aliphatic rings. The molecule has 7 nitrogen and oxygen atoms in total. The van der Waals surface area contributed by atoms with Crippen molar-refractivity contribution < 1.29 is 24.9 Å². The first kappa shape index (κ1) is 16.9. The van der Waals surface area contributed by atoms with Crippen LogP contribution in [0.4, 0.5) is 10.5 Å². The van der Waals surface area contributed by atoms with Crippen LogP contribution in [0.25, 0.3) is 0 Å². The predicted molar refractivity (Wildman–Crippen MR) is 77.2 cm³/mol. The summed E-state index contributed by atoms with van der Waals surface area (Å²) in [5, 5.41) is 26.8. The van der Waals surface area contributed by atoms with Crippen LogP contribution in [0, 0.1) is 0 Å². The lowest BCUT2D eigenvalue weighted by Crippen LogP contribution is -2.46. The van der Waals surface area contributed by atoms with Gasteiger partial charge in [-0.05, 0) is 12.1 Å². The first-order valence-electron chi connectivity index (χ1n) is 6.65. The summed E-state index contributed by atoms with van der Waals surface area (Å²) in [4.78, 5) is 25.8. The standard InChI is InChI=1S/C14H20N2O5/c17-10-8-15(9-11-18)14(21)16(7-6-13(19)20)12-4-2-1-3-5-12/h1-5,17-18H,6-11H2,(H,19,20). The molecule has 1 rings (SSSR count). The Bertz CT molecular complexity index is 446. The lowest BCUT2D eigenvalue weighted by molar-refractivity contribution is -0.136. The minimum Gasteiger partial charge on any atom is -0.481 e. The molecule has 0 saturated heterocycles. The molecule has 0 aliphatic heterocycles. The van der Waals surface area contributed by atoms with Crippen molar-refractivity contribution in [2.24, 2.45) is 0 Å². The third kappa shape index (κ3) is 5.41. The molecule has 0 unspecified atom stereocenters. The van der Waals surface area contributed by atoms with Crippen molar-refractivity contribution in [2.75, 3.05) is 37.7 Å². The third-order valence-corrected chi connectivity index (χ3v) is 2.86. The fourth-order valence-electron chi connectivity index (χ4n) is 1.87. The number of benzene rings is 1. The van der Waals surface area contributed by atoms with Gasteiger partial charge in [-0.3, -0.25) is 9.69 Å². The molecule has 7 heteroatoms. The average molecular weight is 296 g/mol. The second-order valence-corrected chi connectivity index (χ2v) is 4.35. The van der Waals surface area contributed by atoms with Gasteiger partial charge >= 0.3 is 12.0 Å². The van der Waals surface area contributed by atoms with Crippen LogP contribution < -0.4 is 4.90 Å². The molecule has 1 aromatic rings. The summed E-state index contributed by atoms with van der Waals surface area (Å²) in [7, 11) is 0. The Morgan fingerprint density at radius 1 is 0.952 bits per heavy atom. The van der Waals surface area contributed by atoms with Crippen molar-refractivity contribution in [3.8, 4) is 0 Å². The zero-order chi connectivity index (χ0) is 15.7. The molecule has 0 aromatic heterocycles. The van der Waals surface area contributed by atoms with E-state index in [0.717, 1.165) is 0 Å². The maximum absolute atomic E-state index is 12.5. The number of rotatable bonds is 8. The van der Waals surface area contributed by atoms with E-state index < -0.39 is 12.0 Å². The van der Waals surface area contributed by atoms with Gasteiger partial charge in [0.1, 0.15) is 0 Å². The number of carboxylic acids is 1. The summed E-state index contributed by atoms with van der Waals surface area (Å²) in [6.45, 7) is -0.280. The summed E-state index contributed by atoms with van der Waals surface area (Å²) in [5.74, 6) is -1.00. The number of para-hydroxylation sites is 1. The largest absolute Gasteiger partial charge is 0.481 e. The Hall–Kier alpha value is -2.12. The van der Waals surface area contributed by atoms with Crippen LogP contribution in [-0.2, 0) is 4.79 Å². The van der Waals surface area contributed by atoms with Gasteiger partial charge in [-0.15, -0.1) is 0 Å². The number of anilines is 1. The van der Waals surface area contributed by atoms with Gasteiger partial charge in [0.05, 0.1) is 19.6 Å². The second kappa shape index (κ2) is 8.93. The number of nitrogens with zero attached hydrogens (tertiary/aromatic N) is 2. The van der Waals surface area contributed by atoms with Crippen LogP contribution in [0.3, 0.4) is 0 Å². The van der Waals surface area contributed by atoms with Crippen molar-refractivity contribution in [3.05, 3.63) is 30.3 Å². The van der Waals surface area contributed by atoms with E-state index in [0.29, 0.717) is 5.69 Å². The Kier molecular flexibility index (Phi) is 7.20. The number of amides is 2. The molecule has 2 amide bonds. The zero-order valence-electron chi connectivity index (χ0n) is 11.7. The SMILES string of the molecule is O=C(O)CCN(C(=O)N(CCO)CCO)c1ccccc1. The van der Waals surface area contributed by atoms with Gasteiger partial charge in [0.25, 0.3) is 0 Å². The van der Waals surface area contributed by atoms with E-state index in [-0.39, 0.29) is 39.3 Å². The molecule has 21 heavy (non-hydrogen) atoms. The smallest absolute Gasteiger partial charge is 0.324 e. The van der Waals surface area contributed by atoms with Crippen LogP contribution in [0.2, 0.25) is 0 Å². The number of hydrogen-bond donors (Lipinski definition) is 3. The molecule has 0 fully saturated rings. The van der Waals surface area contributed by atoms with Crippen LogP contribution in [0.15, 0.2) is 30.3 Å². The number of urea groups is 1. The zero-order valence-corrected chi connectivity index (χ0v) is 11.7. The topological polar surface area (TPSA) is 101 Å². The second-order valence-electron chi connectivity index (χ2n) is 4.35. The van der Waals surface area contributed by atoms with E-state index in [1.54, 1.807) is 30.3 Å². The van der Waals surface area contributed by atoms with Gasteiger partial charge in [0, 0.05) is 25.3 Å². The van der Waals surface area contributed by atoms with Crippen molar-refractivity contribution in [2.45, 2.75) is 6.42 Å². The molecule has 0 bridgehead atoms. The quantitative estimate of drug-likeness (QED) is 0.643. The number of carboxylic acid groups (broad SMARTS) is 1. The minimum atomic E-state index is -1.00. The van der Waals surface area contributed by atoms with Crippen LogP contribution in [-0.4, -0.2) is 65.1 Å². The highest BCUT2D eigenvalue weighted by Crippen LogP contribution is 2.16. The van der Waals surface area contributed by atoms with Gasteiger partial charge < -0.3 is 20.2 Å². The minimum absolute atomic E-state index is 0.0194. The van der Waals surface area contributed by atoms with Crippen LogP contribution >= 0.6 is 0 Å². The van der Waals surface area contributed by atoms with E-state index in [1.165, 1.54) is 9.80 Å². The van der Waals surface area contributed by atoms with Gasteiger partial charge in [-0.25, -0.2) is 4.79 Å². The summed E-state index contributed by atoms with van der Waals surface area (Å²) < 4.78 is 0. The van der Waals surface area contributed by atoms with E-state index in [4.69, 9.17) is 15.3 Å². The fourth-order valence-corrected chi connectivity index (χ4v) is 1.87. The van der Waals surface area contributed by atoms with Crippen LogP contribution in [0.5, 0.6) is 0 Å². The fraction of sp³-hybridized carbons (Fsp3) is 0.429. The molecule has 116 valence electrons. The van der Waals surface area contributed by atoms with Gasteiger partial charge in [-0.2, -0.15) is 0 Å². The first-order valence-corrected chi connectivity index (χ1v) is 6.65. The molecule has 0 heterocycles. The summed E-state index contributed by atoms with van der Waals surface area (Å²) in [6.07, 6.45) is -0.188. The summed E-state index contributed by atoms with van der Waals surface area (Å²) in [6, 6.07) is 8.26. The highest BCUT2D eigenvalue weighted by atomic mass is 16.4. The normalized spacial score (nSPS) is 10.2. The molecular formula is C14H20N2O5. The van der Waals surface area contributed by atoms with E-state index in [2.05, 4.69) is 0 Å². The molecule has 0 aliphatic carbocycles. The first-order chi connectivity index (χ1) is 10.1. The monoisotopic (exact) mass is 296 g/mol. The van der Waals surface area contributed by atoms with Crippen molar-refractivity contribution >= 4 is 17.7 Å². The predicted octanol–water partition coefficient (Wildman–Crippen LogP) is 0.374. The summed E-state index contributed by atoms with van der Waals surface area (Å²) >= 11 is 0. The van der Waals surface area contributed by atoms with Gasteiger partial charge in [0.2, 0.25) is 0 Å². The molecule has 0 radical (unpaired) electrons. The Labute approximate surface area is 123 Å². The number of aliphatic hydroxyl groups excluding tert-OH is 2. The maximum Gasteiger partial charge on any atom is 0.324 e. The van der Waals surface area contributed by atoms with Gasteiger partial charge in [-0.1, -0.05) is 18.2 Å². The van der Waals surface area contributed by atoms with Crippen LogP contribution in [0.1, 0.15) is 6.42 Å². The maximum atomic E-state index is 12.5. The number of carbonyl (C=O) groups excluding carboxylic acids is 1. The Morgan fingerprint density at radius 2 is 1.52 bits per heavy atom. The number of hydrogen-bond acceptors (Lipinski definition) is 4. The van der Waals surface area contributed by atoms with Crippen molar-refractivity contribution in [1.29, 1.82) is 0 Å². The number of aliphatic carboxylic acids is 1. The average Bonchev–Trinajstić information content (AvgIpc) is 2.48. The molecule has 3 N–H and O–H groups in total. The molecule has 0 spiro atoms. The molecular weight excluding hydrogens is 276 g/mol.